The Bertz CT molecular complexity index is 1080. The largest absolute Gasteiger partial charge is 0.489 e. The van der Waals surface area contributed by atoms with Crippen molar-refractivity contribution in [3.63, 3.8) is 0 Å². The summed E-state index contributed by atoms with van der Waals surface area (Å²) >= 11 is 12.1. The number of benzene rings is 3. The number of halogens is 2. The van der Waals surface area contributed by atoms with Gasteiger partial charge in [-0.05, 0) is 42.0 Å². The van der Waals surface area contributed by atoms with Crippen LogP contribution in [0.25, 0.3) is 6.08 Å². The van der Waals surface area contributed by atoms with Crippen molar-refractivity contribution >= 4 is 46.8 Å². The number of hydrogen-bond acceptors (Lipinski definition) is 4. The summed E-state index contributed by atoms with van der Waals surface area (Å²) < 4.78 is 10.7. The Kier molecular flexibility index (Phi) is 8.10. The SMILES string of the molecule is O=C(COC(=O)/C=C/c1ccc(OCc2ccccc2Cl)cc1)Nc1ccccc1Cl. The van der Waals surface area contributed by atoms with Gasteiger partial charge in [0.25, 0.3) is 5.91 Å². The molecule has 0 fully saturated rings. The minimum Gasteiger partial charge on any atom is -0.489 e. The van der Waals surface area contributed by atoms with Crippen LogP contribution in [0.2, 0.25) is 10.0 Å². The van der Waals surface area contributed by atoms with E-state index in [2.05, 4.69) is 5.32 Å². The van der Waals surface area contributed by atoms with Gasteiger partial charge < -0.3 is 14.8 Å². The molecule has 5 nitrogen and oxygen atoms in total. The maximum atomic E-state index is 11.9. The van der Waals surface area contributed by atoms with Gasteiger partial charge >= 0.3 is 5.97 Å². The van der Waals surface area contributed by atoms with Crippen LogP contribution in [0.1, 0.15) is 11.1 Å². The number of amides is 1. The van der Waals surface area contributed by atoms with E-state index in [1.807, 2.05) is 24.3 Å². The molecule has 31 heavy (non-hydrogen) atoms. The third-order valence-corrected chi connectivity index (χ3v) is 4.84. The summed E-state index contributed by atoms with van der Waals surface area (Å²) in [5, 5.41) is 3.64. The predicted octanol–water partition coefficient (Wildman–Crippen LogP) is 5.77. The third-order valence-electron chi connectivity index (χ3n) is 4.14. The molecule has 0 spiro atoms. The second-order valence-electron chi connectivity index (χ2n) is 6.42. The normalized spacial score (nSPS) is 10.6. The van der Waals surface area contributed by atoms with E-state index in [9.17, 15) is 9.59 Å². The number of ether oxygens (including phenoxy) is 2. The molecule has 158 valence electrons. The van der Waals surface area contributed by atoms with Crippen molar-refractivity contribution < 1.29 is 19.1 Å². The molecule has 0 aliphatic rings. The first-order valence-electron chi connectivity index (χ1n) is 9.37. The number of carbonyl (C=O) groups excluding carboxylic acids is 2. The Morgan fingerprint density at radius 2 is 1.55 bits per heavy atom. The Morgan fingerprint density at radius 1 is 0.871 bits per heavy atom. The molecule has 0 unspecified atom stereocenters. The number of anilines is 1. The average Bonchev–Trinajstić information content (AvgIpc) is 2.78. The summed E-state index contributed by atoms with van der Waals surface area (Å²) in [4.78, 5) is 23.7. The second-order valence-corrected chi connectivity index (χ2v) is 7.23. The van der Waals surface area contributed by atoms with E-state index in [1.54, 1.807) is 54.6 Å². The number of esters is 1. The Morgan fingerprint density at radius 3 is 2.26 bits per heavy atom. The lowest BCUT2D eigenvalue weighted by molar-refractivity contribution is -0.142. The van der Waals surface area contributed by atoms with Crippen molar-refractivity contribution in [2.75, 3.05) is 11.9 Å². The van der Waals surface area contributed by atoms with Gasteiger partial charge in [-0.15, -0.1) is 0 Å². The van der Waals surface area contributed by atoms with Crippen LogP contribution in [0, 0.1) is 0 Å². The minimum atomic E-state index is -0.631. The minimum absolute atomic E-state index is 0.359. The van der Waals surface area contributed by atoms with Crippen LogP contribution in [-0.2, 0) is 20.9 Å². The van der Waals surface area contributed by atoms with Crippen molar-refractivity contribution in [2.24, 2.45) is 0 Å². The van der Waals surface area contributed by atoms with Gasteiger partial charge in [0.15, 0.2) is 6.61 Å². The summed E-state index contributed by atoms with van der Waals surface area (Å²) in [6.45, 7) is -0.0549. The van der Waals surface area contributed by atoms with E-state index in [-0.39, 0.29) is 0 Å². The van der Waals surface area contributed by atoms with E-state index in [0.29, 0.717) is 28.1 Å². The number of carbonyl (C=O) groups is 2. The molecule has 7 heteroatoms. The van der Waals surface area contributed by atoms with Crippen molar-refractivity contribution in [1.29, 1.82) is 0 Å². The van der Waals surface area contributed by atoms with Crippen LogP contribution in [0.15, 0.2) is 78.9 Å². The van der Waals surface area contributed by atoms with Gasteiger partial charge in [-0.25, -0.2) is 4.79 Å². The maximum Gasteiger partial charge on any atom is 0.331 e. The highest BCUT2D eigenvalue weighted by Gasteiger charge is 2.07. The average molecular weight is 456 g/mol. The van der Waals surface area contributed by atoms with E-state index < -0.39 is 18.5 Å². The highest BCUT2D eigenvalue weighted by atomic mass is 35.5. The van der Waals surface area contributed by atoms with E-state index >= 15 is 0 Å². The first kappa shape index (κ1) is 22.4. The van der Waals surface area contributed by atoms with Crippen LogP contribution in [0.4, 0.5) is 5.69 Å². The number of para-hydroxylation sites is 1. The van der Waals surface area contributed by atoms with E-state index in [1.165, 1.54) is 6.08 Å². The van der Waals surface area contributed by atoms with Gasteiger partial charge in [0.2, 0.25) is 0 Å². The maximum absolute atomic E-state index is 11.9. The zero-order valence-electron chi connectivity index (χ0n) is 16.4. The zero-order chi connectivity index (χ0) is 22.1. The second kappa shape index (κ2) is 11.2. The molecule has 0 aliphatic heterocycles. The van der Waals surface area contributed by atoms with E-state index in [0.717, 1.165) is 11.1 Å². The summed E-state index contributed by atoms with van der Waals surface area (Å²) in [6, 6.07) is 21.5. The molecular weight excluding hydrogens is 437 g/mol. The lowest BCUT2D eigenvalue weighted by atomic mass is 10.2. The Balaban J connectivity index is 1.44. The topological polar surface area (TPSA) is 64.6 Å². The fourth-order valence-electron chi connectivity index (χ4n) is 2.55. The molecule has 3 aromatic carbocycles. The van der Waals surface area contributed by atoms with Crippen LogP contribution < -0.4 is 10.1 Å². The summed E-state index contributed by atoms with van der Waals surface area (Å²) in [7, 11) is 0. The molecule has 1 N–H and O–H groups in total. The molecule has 0 heterocycles. The fourth-order valence-corrected chi connectivity index (χ4v) is 2.92. The monoisotopic (exact) mass is 455 g/mol. The van der Waals surface area contributed by atoms with Crippen LogP contribution in [-0.4, -0.2) is 18.5 Å². The van der Waals surface area contributed by atoms with Crippen LogP contribution >= 0.6 is 23.2 Å². The van der Waals surface area contributed by atoms with Gasteiger partial charge in [-0.1, -0.05) is 65.7 Å². The molecular formula is C24H19Cl2NO4. The highest BCUT2D eigenvalue weighted by Crippen LogP contribution is 2.21. The number of nitrogens with one attached hydrogen (secondary N) is 1. The van der Waals surface area contributed by atoms with Crippen molar-refractivity contribution in [1.82, 2.24) is 0 Å². The summed E-state index contributed by atoms with van der Waals surface area (Å²) in [5.41, 5.74) is 2.13. The van der Waals surface area contributed by atoms with Crippen LogP contribution in [0.5, 0.6) is 5.75 Å². The van der Waals surface area contributed by atoms with Crippen molar-refractivity contribution in [2.45, 2.75) is 6.61 Å². The van der Waals surface area contributed by atoms with Crippen LogP contribution in [0.3, 0.4) is 0 Å². The lowest BCUT2D eigenvalue weighted by Crippen LogP contribution is -2.20. The van der Waals surface area contributed by atoms with Crippen molar-refractivity contribution in [3.05, 3.63) is 100 Å². The quantitative estimate of drug-likeness (QED) is 0.346. The smallest absolute Gasteiger partial charge is 0.331 e. The van der Waals surface area contributed by atoms with Gasteiger partial charge in [0.1, 0.15) is 12.4 Å². The molecule has 0 atom stereocenters. The predicted molar refractivity (Wildman–Crippen MR) is 122 cm³/mol. The zero-order valence-corrected chi connectivity index (χ0v) is 17.9. The molecule has 0 radical (unpaired) electrons. The third kappa shape index (κ3) is 7.17. The molecule has 1 amide bonds. The molecule has 3 rings (SSSR count). The molecule has 0 bridgehead atoms. The van der Waals surface area contributed by atoms with Gasteiger partial charge in [0.05, 0.1) is 10.7 Å². The molecule has 0 saturated carbocycles. The standard InChI is InChI=1S/C24H19Cl2NO4/c25-20-6-2-1-5-18(20)15-30-19-12-9-17(10-13-19)11-14-24(29)31-16-23(28)27-22-8-4-3-7-21(22)26/h1-14H,15-16H2,(H,27,28)/b14-11+. The van der Waals surface area contributed by atoms with Gasteiger partial charge in [-0.3, -0.25) is 4.79 Å². The number of rotatable bonds is 8. The summed E-state index contributed by atoms with van der Waals surface area (Å²) in [5.74, 6) is -0.431. The Hall–Kier alpha value is -3.28. The van der Waals surface area contributed by atoms with E-state index in [4.69, 9.17) is 32.7 Å². The van der Waals surface area contributed by atoms with Crippen molar-refractivity contribution in [3.8, 4) is 5.75 Å². The Labute approximate surface area is 190 Å². The van der Waals surface area contributed by atoms with Gasteiger partial charge in [-0.2, -0.15) is 0 Å². The number of hydrogen-bond donors (Lipinski definition) is 1. The first-order valence-corrected chi connectivity index (χ1v) is 10.1. The summed E-state index contributed by atoms with van der Waals surface area (Å²) in [6.07, 6.45) is 2.84. The van der Waals surface area contributed by atoms with Gasteiger partial charge in [0, 0.05) is 16.7 Å². The lowest BCUT2D eigenvalue weighted by Gasteiger charge is -2.08. The highest BCUT2D eigenvalue weighted by molar-refractivity contribution is 6.33. The molecule has 0 saturated heterocycles. The first-order chi connectivity index (χ1) is 15.0. The molecule has 3 aromatic rings. The molecule has 0 aromatic heterocycles. The molecule has 0 aliphatic carbocycles. The fraction of sp³-hybridized carbons (Fsp3) is 0.0833.